The fourth-order valence-corrected chi connectivity index (χ4v) is 2.35. The Morgan fingerprint density at radius 2 is 2.47 bits per heavy atom. The Hall–Kier alpha value is -1.62. The molecule has 1 unspecified atom stereocenters. The van der Waals surface area contributed by atoms with Gasteiger partial charge in [-0.25, -0.2) is 4.98 Å². The van der Waals surface area contributed by atoms with E-state index in [2.05, 4.69) is 20.0 Å². The molecule has 1 atom stereocenters. The van der Waals surface area contributed by atoms with Gasteiger partial charge in [-0.05, 0) is 19.4 Å². The minimum Gasteiger partial charge on any atom is -0.359 e. The van der Waals surface area contributed by atoms with Crippen LogP contribution >= 0.6 is 0 Å². The van der Waals surface area contributed by atoms with E-state index < -0.39 is 0 Å². The van der Waals surface area contributed by atoms with Crippen LogP contribution in [0.3, 0.4) is 0 Å². The van der Waals surface area contributed by atoms with E-state index in [4.69, 9.17) is 4.52 Å². The molecule has 0 spiro atoms. The standard InChI is InChI=1S/C12H16N4O/c1-2-5-14-11(3-1)12-7-13-9-16(12)8-10-4-6-15-17-10/h4,6-7,9,11,14H,1-3,5,8H2. The van der Waals surface area contributed by atoms with Gasteiger partial charge in [-0.3, -0.25) is 0 Å². The summed E-state index contributed by atoms with van der Waals surface area (Å²) in [6.07, 6.45) is 9.21. The normalized spacial score (nSPS) is 20.6. The fraction of sp³-hybridized carbons (Fsp3) is 0.500. The van der Waals surface area contributed by atoms with Crippen LogP contribution in [0.5, 0.6) is 0 Å². The zero-order chi connectivity index (χ0) is 11.5. The molecule has 0 radical (unpaired) electrons. The van der Waals surface area contributed by atoms with Gasteiger partial charge < -0.3 is 14.4 Å². The summed E-state index contributed by atoms with van der Waals surface area (Å²) in [5, 5.41) is 7.25. The van der Waals surface area contributed by atoms with Crippen LogP contribution < -0.4 is 5.32 Å². The number of imidazole rings is 1. The molecule has 2 aromatic rings. The first-order valence-corrected chi connectivity index (χ1v) is 6.06. The zero-order valence-corrected chi connectivity index (χ0v) is 9.67. The Labute approximate surface area is 99.8 Å². The van der Waals surface area contributed by atoms with Gasteiger partial charge in [0.1, 0.15) is 0 Å². The molecule has 3 rings (SSSR count). The Morgan fingerprint density at radius 3 is 3.24 bits per heavy atom. The van der Waals surface area contributed by atoms with E-state index in [1.807, 2.05) is 18.6 Å². The van der Waals surface area contributed by atoms with Crippen molar-refractivity contribution in [1.82, 2.24) is 20.0 Å². The lowest BCUT2D eigenvalue weighted by Gasteiger charge is -2.24. The Balaban J connectivity index is 1.78. The fourth-order valence-electron chi connectivity index (χ4n) is 2.35. The minimum atomic E-state index is 0.425. The van der Waals surface area contributed by atoms with Crippen LogP contribution in [-0.4, -0.2) is 21.3 Å². The second kappa shape index (κ2) is 4.71. The van der Waals surface area contributed by atoms with Crippen LogP contribution in [0.25, 0.3) is 0 Å². The van der Waals surface area contributed by atoms with Gasteiger partial charge in [-0.1, -0.05) is 11.6 Å². The summed E-state index contributed by atoms with van der Waals surface area (Å²) in [5.41, 5.74) is 1.24. The molecule has 2 aromatic heterocycles. The summed E-state index contributed by atoms with van der Waals surface area (Å²) in [4.78, 5) is 4.24. The third-order valence-corrected chi connectivity index (χ3v) is 3.23. The summed E-state index contributed by atoms with van der Waals surface area (Å²) in [6.45, 7) is 1.80. The average Bonchev–Trinajstić information content (AvgIpc) is 3.02. The molecule has 1 saturated heterocycles. The van der Waals surface area contributed by atoms with E-state index in [1.165, 1.54) is 25.0 Å². The zero-order valence-electron chi connectivity index (χ0n) is 9.67. The van der Waals surface area contributed by atoms with Crippen LogP contribution in [0.4, 0.5) is 0 Å². The summed E-state index contributed by atoms with van der Waals surface area (Å²) in [5.74, 6) is 0.861. The summed E-state index contributed by atoms with van der Waals surface area (Å²) in [6, 6.07) is 2.31. The maximum absolute atomic E-state index is 5.13. The van der Waals surface area contributed by atoms with Gasteiger partial charge in [0.15, 0.2) is 5.76 Å². The average molecular weight is 232 g/mol. The second-order valence-electron chi connectivity index (χ2n) is 4.43. The van der Waals surface area contributed by atoms with Crippen LogP contribution in [0.2, 0.25) is 0 Å². The Morgan fingerprint density at radius 1 is 1.47 bits per heavy atom. The van der Waals surface area contributed by atoms with Gasteiger partial charge in [0.2, 0.25) is 0 Å². The summed E-state index contributed by atoms with van der Waals surface area (Å²) < 4.78 is 7.26. The molecule has 17 heavy (non-hydrogen) atoms. The van der Waals surface area contributed by atoms with Crippen molar-refractivity contribution in [2.75, 3.05) is 6.54 Å². The Kier molecular flexibility index (Phi) is 2.92. The van der Waals surface area contributed by atoms with Gasteiger partial charge in [0, 0.05) is 18.3 Å². The number of hydrogen-bond donors (Lipinski definition) is 1. The first-order chi connectivity index (χ1) is 8.43. The lowest BCUT2D eigenvalue weighted by molar-refractivity contribution is 0.364. The topological polar surface area (TPSA) is 55.9 Å². The smallest absolute Gasteiger partial charge is 0.156 e. The van der Waals surface area contributed by atoms with E-state index in [0.717, 1.165) is 12.3 Å². The van der Waals surface area contributed by atoms with Gasteiger partial charge in [-0.2, -0.15) is 0 Å². The van der Waals surface area contributed by atoms with Crippen LogP contribution in [0.1, 0.15) is 36.8 Å². The lowest BCUT2D eigenvalue weighted by Crippen LogP contribution is -2.28. The van der Waals surface area contributed by atoms with E-state index in [1.54, 1.807) is 6.20 Å². The van der Waals surface area contributed by atoms with E-state index in [0.29, 0.717) is 12.6 Å². The lowest BCUT2D eigenvalue weighted by atomic mass is 10.0. The van der Waals surface area contributed by atoms with Crippen molar-refractivity contribution >= 4 is 0 Å². The first kappa shape index (κ1) is 10.5. The van der Waals surface area contributed by atoms with Gasteiger partial charge in [0.05, 0.1) is 24.8 Å². The highest BCUT2D eigenvalue weighted by Crippen LogP contribution is 2.23. The highest BCUT2D eigenvalue weighted by Gasteiger charge is 2.18. The molecule has 0 bridgehead atoms. The molecule has 3 heterocycles. The van der Waals surface area contributed by atoms with Crippen LogP contribution in [0, 0.1) is 0 Å². The molecule has 1 aliphatic heterocycles. The number of hydrogen-bond acceptors (Lipinski definition) is 4. The van der Waals surface area contributed by atoms with Gasteiger partial charge >= 0.3 is 0 Å². The molecule has 0 aliphatic carbocycles. The van der Waals surface area contributed by atoms with Gasteiger partial charge in [0.25, 0.3) is 0 Å². The number of nitrogens with one attached hydrogen (secondary N) is 1. The maximum Gasteiger partial charge on any atom is 0.156 e. The van der Waals surface area contributed by atoms with Crippen molar-refractivity contribution < 1.29 is 4.52 Å². The molecule has 5 heteroatoms. The van der Waals surface area contributed by atoms with Crippen molar-refractivity contribution in [3.8, 4) is 0 Å². The van der Waals surface area contributed by atoms with E-state index >= 15 is 0 Å². The van der Waals surface area contributed by atoms with Crippen LogP contribution in [-0.2, 0) is 6.54 Å². The number of aromatic nitrogens is 3. The van der Waals surface area contributed by atoms with E-state index in [-0.39, 0.29) is 0 Å². The maximum atomic E-state index is 5.13. The van der Waals surface area contributed by atoms with Crippen molar-refractivity contribution in [2.45, 2.75) is 31.8 Å². The molecule has 0 saturated carbocycles. The number of rotatable bonds is 3. The van der Waals surface area contributed by atoms with Crippen molar-refractivity contribution in [3.05, 3.63) is 36.2 Å². The number of piperidine rings is 1. The number of nitrogens with zero attached hydrogens (tertiary/aromatic N) is 3. The molecular weight excluding hydrogens is 216 g/mol. The molecule has 1 aliphatic rings. The first-order valence-electron chi connectivity index (χ1n) is 6.06. The SMILES string of the molecule is c1cc(Cn2cncc2C2CCCCN2)on1. The third-order valence-electron chi connectivity index (χ3n) is 3.23. The largest absolute Gasteiger partial charge is 0.359 e. The van der Waals surface area contributed by atoms with Crippen molar-refractivity contribution in [2.24, 2.45) is 0 Å². The second-order valence-corrected chi connectivity index (χ2v) is 4.43. The molecule has 0 amide bonds. The van der Waals surface area contributed by atoms with Gasteiger partial charge in [-0.15, -0.1) is 0 Å². The predicted octanol–water partition coefficient (Wildman–Crippen LogP) is 1.73. The van der Waals surface area contributed by atoms with Crippen molar-refractivity contribution in [3.63, 3.8) is 0 Å². The minimum absolute atomic E-state index is 0.425. The summed E-state index contributed by atoms with van der Waals surface area (Å²) >= 11 is 0. The quantitative estimate of drug-likeness (QED) is 0.875. The Bertz CT molecular complexity index is 457. The highest BCUT2D eigenvalue weighted by atomic mass is 16.5. The monoisotopic (exact) mass is 232 g/mol. The third kappa shape index (κ3) is 2.24. The highest BCUT2D eigenvalue weighted by molar-refractivity contribution is 5.08. The molecule has 1 N–H and O–H groups in total. The van der Waals surface area contributed by atoms with E-state index in [9.17, 15) is 0 Å². The van der Waals surface area contributed by atoms with Crippen LogP contribution in [0.15, 0.2) is 29.3 Å². The molecular formula is C12H16N4O. The molecule has 0 aromatic carbocycles. The molecule has 1 fully saturated rings. The predicted molar refractivity (Wildman–Crippen MR) is 62.4 cm³/mol. The molecule has 5 nitrogen and oxygen atoms in total. The summed E-state index contributed by atoms with van der Waals surface area (Å²) in [7, 11) is 0. The molecule has 90 valence electrons. The van der Waals surface area contributed by atoms with Crippen molar-refractivity contribution in [1.29, 1.82) is 0 Å².